The van der Waals surface area contributed by atoms with E-state index >= 15 is 0 Å². The summed E-state index contributed by atoms with van der Waals surface area (Å²) >= 11 is 5.58. The van der Waals surface area contributed by atoms with Gasteiger partial charge in [0.05, 0.1) is 6.04 Å². The molecule has 0 aromatic carbocycles. The lowest BCUT2D eigenvalue weighted by Crippen LogP contribution is -2.37. The van der Waals surface area contributed by atoms with Gasteiger partial charge in [-0.2, -0.15) is 0 Å². The predicted octanol–water partition coefficient (Wildman–Crippen LogP) is 2.73. The van der Waals surface area contributed by atoms with Crippen LogP contribution in [-0.4, -0.2) is 17.7 Å². The Labute approximate surface area is 92.2 Å². The van der Waals surface area contributed by atoms with Gasteiger partial charge in [0.2, 0.25) is 0 Å². The van der Waals surface area contributed by atoms with Gasteiger partial charge in [-0.3, -0.25) is 4.79 Å². The molecule has 0 aliphatic heterocycles. The van der Waals surface area contributed by atoms with Crippen molar-refractivity contribution in [3.63, 3.8) is 0 Å². The summed E-state index contributed by atoms with van der Waals surface area (Å²) in [5.41, 5.74) is 5.64. The van der Waals surface area contributed by atoms with E-state index in [4.69, 9.17) is 17.3 Å². The van der Waals surface area contributed by atoms with Gasteiger partial charge in [0.15, 0.2) is 5.78 Å². The minimum Gasteiger partial charge on any atom is -0.321 e. The number of Topliss-reactive ketones (excluding diaryl/α,β-unsaturated/α-hetero) is 1. The Balaban J connectivity index is 4.10. The molecule has 0 bridgehead atoms. The third-order valence-electron chi connectivity index (χ3n) is 2.48. The molecular weight excluding hydrogens is 198 g/mol. The van der Waals surface area contributed by atoms with Gasteiger partial charge in [-0.05, 0) is 12.8 Å². The fourth-order valence-corrected chi connectivity index (χ4v) is 1.76. The van der Waals surface area contributed by atoms with Crippen LogP contribution in [0.2, 0.25) is 0 Å². The number of hydrogen-bond donors (Lipinski definition) is 1. The highest BCUT2D eigenvalue weighted by Crippen LogP contribution is 2.17. The lowest BCUT2D eigenvalue weighted by atomic mass is 9.90. The van der Waals surface area contributed by atoms with E-state index < -0.39 is 6.04 Å². The van der Waals surface area contributed by atoms with Gasteiger partial charge in [-0.15, -0.1) is 11.6 Å². The molecule has 0 saturated heterocycles. The van der Waals surface area contributed by atoms with E-state index in [1.54, 1.807) is 0 Å². The molecule has 2 N–H and O–H groups in total. The first-order chi connectivity index (χ1) is 6.67. The molecular formula is C11H22ClNO. The van der Waals surface area contributed by atoms with Crippen molar-refractivity contribution in [3.05, 3.63) is 0 Å². The highest BCUT2D eigenvalue weighted by Gasteiger charge is 2.22. The molecule has 14 heavy (non-hydrogen) atoms. The van der Waals surface area contributed by atoms with Gasteiger partial charge in [0, 0.05) is 11.8 Å². The van der Waals surface area contributed by atoms with Crippen molar-refractivity contribution in [1.29, 1.82) is 0 Å². The third kappa shape index (κ3) is 4.97. The van der Waals surface area contributed by atoms with Crippen LogP contribution in [0.4, 0.5) is 0 Å². The van der Waals surface area contributed by atoms with Crippen LogP contribution in [0.3, 0.4) is 0 Å². The normalized spacial score (nSPS) is 15.1. The van der Waals surface area contributed by atoms with Crippen LogP contribution in [-0.2, 0) is 4.79 Å². The van der Waals surface area contributed by atoms with Crippen molar-refractivity contribution >= 4 is 17.4 Å². The molecule has 2 nitrogen and oxygen atoms in total. The van der Waals surface area contributed by atoms with E-state index in [1.165, 1.54) is 0 Å². The third-order valence-corrected chi connectivity index (χ3v) is 2.81. The number of rotatable bonds is 8. The topological polar surface area (TPSA) is 43.1 Å². The van der Waals surface area contributed by atoms with Crippen molar-refractivity contribution in [2.45, 2.75) is 52.0 Å². The average molecular weight is 220 g/mol. The fraction of sp³-hybridized carbons (Fsp3) is 0.909. The highest BCUT2D eigenvalue weighted by molar-refractivity contribution is 6.20. The van der Waals surface area contributed by atoms with E-state index in [2.05, 4.69) is 13.8 Å². The molecule has 0 fully saturated rings. The van der Waals surface area contributed by atoms with Crippen molar-refractivity contribution < 1.29 is 4.79 Å². The second-order valence-electron chi connectivity index (χ2n) is 3.79. The standard InChI is InChI=1S/C11H22ClNO/c1-3-5-7-9(6-4-2)11(14)10(13)8-12/h9-10H,3-8,13H2,1-2H3. The van der Waals surface area contributed by atoms with Crippen LogP contribution in [0.5, 0.6) is 0 Å². The Bertz CT molecular complexity index is 161. The molecule has 84 valence electrons. The number of carbonyl (C=O) groups excluding carboxylic acids is 1. The van der Waals surface area contributed by atoms with Crippen molar-refractivity contribution in [2.24, 2.45) is 11.7 Å². The first-order valence-corrected chi connectivity index (χ1v) is 6.06. The number of nitrogens with two attached hydrogens (primary N) is 1. The zero-order valence-electron chi connectivity index (χ0n) is 9.26. The zero-order chi connectivity index (χ0) is 11.0. The van der Waals surface area contributed by atoms with Crippen LogP contribution in [0, 0.1) is 5.92 Å². The Morgan fingerprint density at radius 3 is 2.36 bits per heavy atom. The van der Waals surface area contributed by atoms with Crippen LogP contribution < -0.4 is 5.73 Å². The van der Waals surface area contributed by atoms with E-state index in [-0.39, 0.29) is 17.6 Å². The second kappa shape index (κ2) is 8.25. The van der Waals surface area contributed by atoms with Gasteiger partial charge in [0.1, 0.15) is 0 Å². The Morgan fingerprint density at radius 1 is 1.29 bits per heavy atom. The Morgan fingerprint density at radius 2 is 1.93 bits per heavy atom. The predicted molar refractivity (Wildman–Crippen MR) is 61.6 cm³/mol. The average Bonchev–Trinajstić information content (AvgIpc) is 2.22. The minimum atomic E-state index is -0.468. The molecule has 3 heteroatoms. The zero-order valence-corrected chi connectivity index (χ0v) is 10.0. The van der Waals surface area contributed by atoms with E-state index in [0.29, 0.717) is 0 Å². The van der Waals surface area contributed by atoms with Crippen LogP contribution in [0.25, 0.3) is 0 Å². The van der Waals surface area contributed by atoms with Gasteiger partial charge < -0.3 is 5.73 Å². The van der Waals surface area contributed by atoms with Gasteiger partial charge >= 0.3 is 0 Å². The molecule has 0 aromatic rings. The fourth-order valence-electron chi connectivity index (χ4n) is 1.61. The Hall–Kier alpha value is -0.0800. The summed E-state index contributed by atoms with van der Waals surface area (Å²) in [4.78, 5) is 11.8. The molecule has 2 unspecified atom stereocenters. The molecule has 0 aromatic heterocycles. The quantitative estimate of drug-likeness (QED) is 0.638. The lowest BCUT2D eigenvalue weighted by Gasteiger charge is -2.17. The van der Waals surface area contributed by atoms with Crippen molar-refractivity contribution in [3.8, 4) is 0 Å². The lowest BCUT2D eigenvalue weighted by molar-refractivity contribution is -0.124. The van der Waals surface area contributed by atoms with Gasteiger partial charge in [0.25, 0.3) is 0 Å². The first kappa shape index (κ1) is 13.9. The molecule has 0 amide bonds. The molecule has 0 radical (unpaired) electrons. The maximum atomic E-state index is 11.8. The monoisotopic (exact) mass is 219 g/mol. The Kier molecular flexibility index (Phi) is 8.20. The molecule has 0 rings (SSSR count). The van der Waals surface area contributed by atoms with E-state index in [1.807, 2.05) is 0 Å². The largest absolute Gasteiger partial charge is 0.321 e. The maximum Gasteiger partial charge on any atom is 0.153 e. The molecule has 0 saturated carbocycles. The summed E-state index contributed by atoms with van der Waals surface area (Å²) in [6.45, 7) is 4.23. The minimum absolute atomic E-state index is 0.133. The summed E-state index contributed by atoms with van der Waals surface area (Å²) in [6.07, 6.45) is 5.18. The van der Waals surface area contributed by atoms with Crippen LogP contribution in [0.15, 0.2) is 0 Å². The number of carbonyl (C=O) groups is 1. The molecule has 0 aliphatic rings. The van der Waals surface area contributed by atoms with Crippen LogP contribution in [0.1, 0.15) is 46.0 Å². The smallest absolute Gasteiger partial charge is 0.153 e. The second-order valence-corrected chi connectivity index (χ2v) is 4.10. The number of hydrogen-bond acceptors (Lipinski definition) is 2. The van der Waals surface area contributed by atoms with Crippen molar-refractivity contribution in [1.82, 2.24) is 0 Å². The van der Waals surface area contributed by atoms with Crippen molar-refractivity contribution in [2.75, 3.05) is 5.88 Å². The number of halogens is 1. The highest BCUT2D eigenvalue weighted by atomic mass is 35.5. The maximum absolute atomic E-state index is 11.8. The van der Waals surface area contributed by atoms with Gasteiger partial charge in [-0.25, -0.2) is 0 Å². The number of ketones is 1. The van der Waals surface area contributed by atoms with E-state index in [9.17, 15) is 4.79 Å². The van der Waals surface area contributed by atoms with E-state index in [0.717, 1.165) is 32.1 Å². The summed E-state index contributed by atoms with van der Waals surface area (Å²) < 4.78 is 0. The van der Waals surface area contributed by atoms with Gasteiger partial charge in [-0.1, -0.05) is 33.1 Å². The summed E-state index contributed by atoms with van der Waals surface area (Å²) in [5, 5.41) is 0. The van der Waals surface area contributed by atoms with Crippen LogP contribution >= 0.6 is 11.6 Å². The number of alkyl halides is 1. The molecule has 0 spiro atoms. The molecule has 0 aliphatic carbocycles. The SMILES string of the molecule is CCCCC(CCC)C(=O)C(N)CCl. The first-order valence-electron chi connectivity index (χ1n) is 5.52. The number of unbranched alkanes of at least 4 members (excludes halogenated alkanes) is 1. The summed E-state index contributed by atoms with van der Waals surface area (Å²) in [5.74, 6) is 0.523. The molecule has 2 atom stereocenters. The molecule has 0 heterocycles. The summed E-state index contributed by atoms with van der Waals surface area (Å²) in [7, 11) is 0. The summed E-state index contributed by atoms with van der Waals surface area (Å²) in [6, 6.07) is -0.468.